The van der Waals surface area contributed by atoms with Gasteiger partial charge in [-0.2, -0.15) is 5.26 Å². The summed E-state index contributed by atoms with van der Waals surface area (Å²) in [6, 6.07) is 16.3. The number of hydrogen-bond acceptors (Lipinski definition) is 5. The number of benzene rings is 2. The van der Waals surface area contributed by atoms with Crippen LogP contribution in [-0.4, -0.2) is 20.7 Å². The molecule has 1 atom stereocenters. The van der Waals surface area contributed by atoms with Crippen molar-refractivity contribution in [2.45, 2.75) is 77.0 Å². The van der Waals surface area contributed by atoms with Crippen molar-refractivity contribution in [1.29, 1.82) is 5.26 Å². The average molecular weight is 476 g/mol. The molecule has 1 heterocycles. The van der Waals surface area contributed by atoms with Gasteiger partial charge < -0.3 is 20.1 Å². The molecule has 2 aromatic carbocycles. The normalized spacial score (nSPS) is 14.7. The Bertz CT molecular complexity index is 1020. The first-order valence-corrected chi connectivity index (χ1v) is 13.2. The highest BCUT2D eigenvalue weighted by atomic mass is 16.5. The Morgan fingerprint density at radius 3 is 2.29 bits per heavy atom. The minimum absolute atomic E-state index is 0.164. The van der Waals surface area contributed by atoms with Gasteiger partial charge in [-0.1, -0.05) is 82.9 Å². The molecule has 0 saturated heterocycles. The van der Waals surface area contributed by atoms with Crippen molar-refractivity contribution in [2.24, 2.45) is 5.73 Å². The van der Waals surface area contributed by atoms with Crippen LogP contribution in [0, 0.1) is 11.3 Å². The SMILES string of the molecule is CCCCCCCCCCCCOc1cccc(C2C(C#N)=C(N)Oc3cc(N(C)C)ccc32)c1. The fraction of sp³-hybridized carbons (Fsp3) is 0.500. The van der Waals surface area contributed by atoms with E-state index in [0.717, 1.165) is 29.0 Å². The van der Waals surface area contributed by atoms with Gasteiger partial charge in [0.15, 0.2) is 0 Å². The van der Waals surface area contributed by atoms with Gasteiger partial charge in [0.1, 0.15) is 23.1 Å². The highest BCUT2D eigenvalue weighted by Crippen LogP contribution is 2.43. The predicted octanol–water partition coefficient (Wildman–Crippen LogP) is 7.27. The molecule has 0 bridgehead atoms. The number of nitriles is 1. The van der Waals surface area contributed by atoms with Gasteiger partial charge in [0.05, 0.1) is 12.5 Å². The molecule has 1 aliphatic rings. The summed E-state index contributed by atoms with van der Waals surface area (Å²) in [6.45, 7) is 2.97. The molecular formula is C30H41N3O2. The van der Waals surface area contributed by atoms with Gasteiger partial charge in [-0.15, -0.1) is 0 Å². The van der Waals surface area contributed by atoms with Gasteiger partial charge in [0.25, 0.3) is 0 Å². The van der Waals surface area contributed by atoms with Gasteiger partial charge in [0.2, 0.25) is 5.88 Å². The zero-order valence-corrected chi connectivity index (χ0v) is 21.7. The Kier molecular flexibility index (Phi) is 10.3. The van der Waals surface area contributed by atoms with E-state index in [2.05, 4.69) is 13.0 Å². The second-order valence-corrected chi connectivity index (χ2v) is 9.64. The lowest BCUT2D eigenvalue weighted by Crippen LogP contribution is -2.21. The monoisotopic (exact) mass is 475 g/mol. The molecule has 5 nitrogen and oxygen atoms in total. The van der Waals surface area contributed by atoms with E-state index < -0.39 is 0 Å². The van der Waals surface area contributed by atoms with Crippen LogP contribution >= 0.6 is 0 Å². The Balaban J connectivity index is 1.57. The smallest absolute Gasteiger partial charge is 0.205 e. The van der Waals surface area contributed by atoms with Gasteiger partial charge in [-0.3, -0.25) is 0 Å². The number of unbranched alkanes of at least 4 members (excludes halogenated alkanes) is 9. The van der Waals surface area contributed by atoms with Crippen LogP contribution < -0.4 is 20.1 Å². The first kappa shape index (κ1) is 26.5. The van der Waals surface area contributed by atoms with Crippen LogP contribution in [0.15, 0.2) is 53.9 Å². The Morgan fingerprint density at radius 2 is 1.63 bits per heavy atom. The van der Waals surface area contributed by atoms with E-state index >= 15 is 0 Å². The molecule has 35 heavy (non-hydrogen) atoms. The van der Waals surface area contributed by atoms with Gasteiger partial charge in [-0.05, 0) is 30.2 Å². The van der Waals surface area contributed by atoms with Crippen LogP contribution in [0.3, 0.4) is 0 Å². The minimum Gasteiger partial charge on any atom is -0.494 e. The van der Waals surface area contributed by atoms with Crippen molar-refractivity contribution in [3.05, 3.63) is 65.0 Å². The highest BCUT2D eigenvalue weighted by Gasteiger charge is 2.31. The first-order chi connectivity index (χ1) is 17.0. The number of fused-ring (bicyclic) bond motifs is 1. The summed E-state index contributed by atoms with van der Waals surface area (Å²) in [4.78, 5) is 2.01. The fourth-order valence-electron chi connectivity index (χ4n) is 4.63. The second kappa shape index (κ2) is 13.7. The van der Waals surface area contributed by atoms with E-state index in [-0.39, 0.29) is 11.8 Å². The molecule has 2 N–H and O–H groups in total. The third kappa shape index (κ3) is 7.42. The van der Waals surface area contributed by atoms with Crippen LogP contribution in [0.5, 0.6) is 11.5 Å². The fourth-order valence-corrected chi connectivity index (χ4v) is 4.63. The second-order valence-electron chi connectivity index (χ2n) is 9.64. The van der Waals surface area contributed by atoms with Crippen molar-refractivity contribution in [3.8, 4) is 17.6 Å². The quantitative estimate of drug-likeness (QED) is 0.291. The largest absolute Gasteiger partial charge is 0.494 e. The van der Waals surface area contributed by atoms with Crippen molar-refractivity contribution in [3.63, 3.8) is 0 Å². The summed E-state index contributed by atoms with van der Waals surface area (Å²) in [5, 5.41) is 9.84. The number of rotatable bonds is 14. The van der Waals surface area contributed by atoms with Gasteiger partial charge in [-0.25, -0.2) is 0 Å². The topological polar surface area (TPSA) is 71.5 Å². The predicted molar refractivity (Wildman–Crippen MR) is 144 cm³/mol. The number of anilines is 1. The number of allylic oxidation sites excluding steroid dienone is 1. The van der Waals surface area contributed by atoms with Gasteiger partial charge in [0, 0.05) is 31.4 Å². The standard InChI is InChI=1S/C30H41N3O2/c1-4-5-6-7-8-9-10-11-12-13-19-34-25-16-14-15-23(20-25)29-26-18-17-24(33(2)3)21-28(26)35-30(32)27(29)22-31/h14-18,20-21,29H,4-13,19,32H2,1-3H3. The summed E-state index contributed by atoms with van der Waals surface area (Å²) >= 11 is 0. The Morgan fingerprint density at radius 1 is 0.943 bits per heavy atom. The summed E-state index contributed by atoms with van der Waals surface area (Å²) < 4.78 is 11.9. The zero-order valence-electron chi connectivity index (χ0n) is 21.7. The average Bonchev–Trinajstić information content (AvgIpc) is 2.86. The molecule has 0 radical (unpaired) electrons. The molecule has 1 unspecified atom stereocenters. The number of ether oxygens (including phenoxy) is 2. The molecule has 2 aromatic rings. The number of nitrogens with zero attached hydrogens (tertiary/aromatic N) is 2. The maximum absolute atomic E-state index is 9.84. The molecule has 3 rings (SSSR count). The maximum atomic E-state index is 9.84. The van der Waals surface area contributed by atoms with Crippen LogP contribution in [0.25, 0.3) is 0 Å². The minimum atomic E-state index is -0.277. The lowest BCUT2D eigenvalue weighted by atomic mass is 9.83. The van der Waals surface area contributed by atoms with Crippen LogP contribution in [0.4, 0.5) is 5.69 Å². The molecule has 0 aliphatic carbocycles. The molecule has 188 valence electrons. The summed E-state index contributed by atoms with van der Waals surface area (Å²) in [7, 11) is 3.97. The van der Waals surface area contributed by atoms with Crippen LogP contribution in [0.2, 0.25) is 0 Å². The van der Waals surface area contributed by atoms with Crippen LogP contribution in [-0.2, 0) is 0 Å². The van der Waals surface area contributed by atoms with Crippen molar-refractivity contribution < 1.29 is 9.47 Å². The van der Waals surface area contributed by atoms with E-state index in [1.165, 1.54) is 57.8 Å². The zero-order chi connectivity index (χ0) is 25.0. The molecule has 0 aromatic heterocycles. The van der Waals surface area contributed by atoms with Crippen molar-refractivity contribution >= 4 is 5.69 Å². The summed E-state index contributed by atoms with van der Waals surface area (Å²) in [5.74, 6) is 1.40. The first-order valence-electron chi connectivity index (χ1n) is 13.2. The van der Waals surface area contributed by atoms with E-state index in [0.29, 0.717) is 17.9 Å². The molecule has 0 amide bonds. The maximum Gasteiger partial charge on any atom is 0.205 e. The van der Waals surface area contributed by atoms with Gasteiger partial charge >= 0.3 is 0 Å². The van der Waals surface area contributed by atoms with E-state index in [1.54, 1.807) is 0 Å². The summed E-state index contributed by atoms with van der Waals surface area (Å²) in [6.07, 6.45) is 13.1. The third-order valence-electron chi connectivity index (χ3n) is 6.68. The molecule has 0 fully saturated rings. The lowest BCUT2D eigenvalue weighted by Gasteiger charge is -2.28. The molecule has 5 heteroatoms. The lowest BCUT2D eigenvalue weighted by molar-refractivity contribution is 0.304. The van der Waals surface area contributed by atoms with E-state index in [9.17, 15) is 5.26 Å². The Hall–Kier alpha value is -3.13. The Labute approximate surface area is 211 Å². The number of hydrogen-bond donors (Lipinski definition) is 1. The summed E-state index contributed by atoms with van der Waals surface area (Å²) in [5.41, 5.74) is 9.53. The van der Waals surface area contributed by atoms with Crippen molar-refractivity contribution in [2.75, 3.05) is 25.6 Å². The van der Waals surface area contributed by atoms with E-state index in [4.69, 9.17) is 15.2 Å². The van der Waals surface area contributed by atoms with Crippen molar-refractivity contribution in [1.82, 2.24) is 0 Å². The molecule has 0 spiro atoms. The molecule has 0 saturated carbocycles. The molecule has 1 aliphatic heterocycles. The van der Waals surface area contributed by atoms with E-state index in [1.807, 2.05) is 61.5 Å². The third-order valence-corrected chi connectivity index (χ3v) is 6.68. The molecular weight excluding hydrogens is 434 g/mol. The number of nitrogens with two attached hydrogens (primary N) is 1. The van der Waals surface area contributed by atoms with Crippen LogP contribution in [0.1, 0.15) is 88.2 Å². The highest BCUT2D eigenvalue weighted by molar-refractivity contribution is 5.61.